The quantitative estimate of drug-likeness (QED) is 0.274. The maximum atomic E-state index is 15.7. The number of hydrogen-bond acceptors (Lipinski definition) is 3. The monoisotopic (exact) mass is 512 g/mol. The Morgan fingerprint density at radius 2 is 1.23 bits per heavy atom. The number of hydrogen-bond donors (Lipinski definition) is 0. The first-order valence-corrected chi connectivity index (χ1v) is 16.2. The molecule has 0 N–H and O–H groups in total. The number of unbranched alkanes of at least 4 members (excludes halogenated alkanes) is 2. The maximum absolute atomic E-state index is 15.7. The second-order valence-corrected chi connectivity index (χ2v) is 14.1. The van der Waals surface area contributed by atoms with Crippen molar-refractivity contribution in [1.29, 1.82) is 0 Å². The molecule has 0 spiro atoms. The summed E-state index contributed by atoms with van der Waals surface area (Å²) in [6.07, 6.45) is 16.9. The predicted octanol–water partition coefficient (Wildman–Crippen LogP) is 8.31. The molecule has 0 radical (unpaired) electrons. The molecular weight excluding hydrogens is 462 g/mol. The topological polar surface area (TPSA) is 18.5 Å². The normalized spacial score (nSPS) is 44.3. The smallest absolute Gasteiger partial charge is 0.138 e. The molecule has 4 aliphatic carbocycles. The number of fused-ring (bicyclic) bond motifs is 3. The summed E-state index contributed by atoms with van der Waals surface area (Å²) in [6.45, 7) is 3.57. The molecule has 8 atom stereocenters. The number of ether oxygens (including phenoxy) is 2. The average molecular weight is 513 g/mol. The van der Waals surface area contributed by atoms with Crippen LogP contribution >= 0.6 is 11.8 Å². The molecule has 35 heavy (non-hydrogen) atoms. The lowest BCUT2D eigenvalue weighted by Crippen LogP contribution is -2.45. The van der Waals surface area contributed by atoms with Gasteiger partial charge in [0.1, 0.15) is 12.3 Å². The molecule has 5 fully saturated rings. The van der Waals surface area contributed by atoms with E-state index in [4.69, 9.17) is 9.47 Å². The first kappa shape index (κ1) is 26.7. The van der Waals surface area contributed by atoms with Gasteiger partial charge in [-0.25, -0.2) is 8.78 Å². The van der Waals surface area contributed by atoms with Crippen molar-refractivity contribution >= 4 is 11.8 Å². The Balaban J connectivity index is 1.05. The third kappa shape index (κ3) is 6.41. The third-order valence-corrected chi connectivity index (χ3v) is 12.2. The highest BCUT2D eigenvalue weighted by atomic mass is 32.2. The Bertz CT molecular complexity index is 636. The summed E-state index contributed by atoms with van der Waals surface area (Å²) in [5.41, 5.74) is 0. The van der Waals surface area contributed by atoms with Crippen molar-refractivity contribution in [2.24, 2.45) is 29.6 Å². The standard InChI is InChI=1S/C30H50F2O2S/c1-2-3-6-17-33-25-15-13-23-24-14-16-26(28(32)30(24)35-29(23)27(25)31)34-19-22-11-9-21(10-12-22)18-20-7-4-5-8-20/h20-30H,2-19H2,1H3. The van der Waals surface area contributed by atoms with Gasteiger partial charge in [-0.3, -0.25) is 0 Å². The van der Waals surface area contributed by atoms with E-state index in [1.807, 2.05) is 0 Å². The SMILES string of the molecule is CCCCCOC1CCC2C3CCC(OCC4CCC(CC5CCCC5)CC4)C(F)C3SC2C1F. The van der Waals surface area contributed by atoms with Crippen LogP contribution in [0.2, 0.25) is 0 Å². The summed E-state index contributed by atoms with van der Waals surface area (Å²) >= 11 is 1.61. The van der Waals surface area contributed by atoms with Gasteiger partial charge in [-0.1, -0.05) is 58.3 Å². The van der Waals surface area contributed by atoms with Crippen molar-refractivity contribution in [3.05, 3.63) is 0 Å². The van der Waals surface area contributed by atoms with E-state index >= 15 is 8.78 Å². The van der Waals surface area contributed by atoms with E-state index in [0.29, 0.717) is 24.4 Å². The van der Waals surface area contributed by atoms with Crippen LogP contribution in [-0.2, 0) is 9.47 Å². The van der Waals surface area contributed by atoms with E-state index in [2.05, 4.69) is 6.92 Å². The fraction of sp³-hybridized carbons (Fsp3) is 1.00. The van der Waals surface area contributed by atoms with Crippen LogP contribution in [0.4, 0.5) is 8.78 Å². The van der Waals surface area contributed by atoms with Crippen molar-refractivity contribution in [2.75, 3.05) is 13.2 Å². The Labute approximate surface area is 217 Å². The van der Waals surface area contributed by atoms with Gasteiger partial charge < -0.3 is 9.47 Å². The van der Waals surface area contributed by atoms with Crippen LogP contribution in [0.1, 0.15) is 110 Å². The first-order valence-electron chi connectivity index (χ1n) is 15.3. The van der Waals surface area contributed by atoms with Crippen LogP contribution in [0.15, 0.2) is 0 Å². The van der Waals surface area contributed by atoms with Crippen molar-refractivity contribution in [1.82, 2.24) is 0 Å². The van der Waals surface area contributed by atoms with Gasteiger partial charge in [0.05, 0.1) is 12.2 Å². The van der Waals surface area contributed by atoms with Gasteiger partial charge in [0.25, 0.3) is 0 Å². The zero-order valence-electron chi connectivity index (χ0n) is 22.1. The minimum Gasteiger partial charge on any atom is -0.375 e. The average Bonchev–Trinajstić information content (AvgIpc) is 3.52. The molecule has 5 heteroatoms. The van der Waals surface area contributed by atoms with Crippen molar-refractivity contribution < 1.29 is 18.3 Å². The highest BCUT2D eigenvalue weighted by Crippen LogP contribution is 2.56. The molecular formula is C30H50F2O2S. The molecule has 8 unspecified atom stereocenters. The molecule has 2 nitrogen and oxygen atoms in total. The van der Waals surface area contributed by atoms with Crippen LogP contribution in [0.5, 0.6) is 0 Å². The predicted molar refractivity (Wildman–Crippen MR) is 141 cm³/mol. The van der Waals surface area contributed by atoms with Crippen LogP contribution in [0.3, 0.4) is 0 Å². The fourth-order valence-corrected chi connectivity index (χ4v) is 10.3. The van der Waals surface area contributed by atoms with Gasteiger partial charge >= 0.3 is 0 Å². The summed E-state index contributed by atoms with van der Waals surface area (Å²) in [5, 5.41) is -0.162. The number of halogens is 2. The lowest BCUT2D eigenvalue weighted by Gasteiger charge is -2.39. The second-order valence-electron chi connectivity index (χ2n) is 12.7. The first-order chi connectivity index (χ1) is 17.1. The number of thioether (sulfide) groups is 1. The second kappa shape index (κ2) is 12.8. The van der Waals surface area contributed by atoms with E-state index < -0.39 is 12.3 Å². The van der Waals surface area contributed by atoms with Crippen LogP contribution in [-0.4, -0.2) is 48.3 Å². The molecule has 5 aliphatic rings. The minimum absolute atomic E-state index is 0.0806. The van der Waals surface area contributed by atoms with E-state index in [1.165, 1.54) is 57.8 Å². The van der Waals surface area contributed by atoms with Gasteiger partial charge in [-0.05, 0) is 81.0 Å². The Hall–Kier alpha value is 0.130. The molecule has 4 saturated carbocycles. The summed E-state index contributed by atoms with van der Waals surface area (Å²) in [6, 6.07) is 0. The van der Waals surface area contributed by atoms with E-state index in [1.54, 1.807) is 11.8 Å². The van der Waals surface area contributed by atoms with Gasteiger partial charge in [-0.15, -0.1) is 11.8 Å². The highest BCUT2D eigenvalue weighted by Gasteiger charge is 2.56. The molecule has 0 aromatic heterocycles. The molecule has 1 saturated heterocycles. The molecule has 0 aromatic carbocycles. The Morgan fingerprint density at radius 1 is 0.657 bits per heavy atom. The van der Waals surface area contributed by atoms with Crippen LogP contribution in [0, 0.1) is 29.6 Å². The Kier molecular flexibility index (Phi) is 9.76. The van der Waals surface area contributed by atoms with E-state index in [0.717, 1.165) is 63.4 Å². The lowest BCUT2D eigenvalue weighted by molar-refractivity contribution is -0.0640. The molecule has 0 bridgehead atoms. The van der Waals surface area contributed by atoms with Crippen LogP contribution < -0.4 is 0 Å². The molecule has 0 aromatic rings. The fourth-order valence-electron chi connectivity index (χ4n) is 8.25. The van der Waals surface area contributed by atoms with Gasteiger partial charge in [-0.2, -0.15) is 0 Å². The summed E-state index contributed by atoms with van der Waals surface area (Å²) < 4.78 is 43.4. The zero-order chi connectivity index (χ0) is 24.2. The lowest BCUT2D eigenvalue weighted by atomic mass is 9.71. The largest absolute Gasteiger partial charge is 0.375 e. The number of alkyl halides is 2. The van der Waals surface area contributed by atoms with Crippen molar-refractivity contribution in [3.8, 4) is 0 Å². The molecule has 202 valence electrons. The van der Waals surface area contributed by atoms with Gasteiger partial charge in [0.15, 0.2) is 0 Å². The van der Waals surface area contributed by atoms with Crippen molar-refractivity contribution in [3.63, 3.8) is 0 Å². The molecule has 1 aliphatic heterocycles. The molecule has 1 heterocycles. The van der Waals surface area contributed by atoms with E-state index in [-0.39, 0.29) is 22.7 Å². The maximum Gasteiger partial charge on any atom is 0.138 e. The van der Waals surface area contributed by atoms with E-state index in [9.17, 15) is 0 Å². The minimum atomic E-state index is -0.947. The summed E-state index contributed by atoms with van der Waals surface area (Å²) in [7, 11) is 0. The Morgan fingerprint density at radius 3 is 1.86 bits per heavy atom. The molecule has 0 amide bonds. The zero-order valence-corrected chi connectivity index (χ0v) is 22.9. The summed E-state index contributed by atoms with van der Waals surface area (Å²) in [4.78, 5) is 0. The van der Waals surface area contributed by atoms with Gasteiger partial charge in [0, 0.05) is 23.7 Å². The molecule has 5 rings (SSSR count). The highest BCUT2D eigenvalue weighted by molar-refractivity contribution is 8.00. The van der Waals surface area contributed by atoms with Crippen molar-refractivity contribution in [2.45, 2.75) is 145 Å². The third-order valence-electron chi connectivity index (χ3n) is 10.3. The number of rotatable bonds is 10. The van der Waals surface area contributed by atoms with Crippen LogP contribution in [0.25, 0.3) is 0 Å². The summed E-state index contributed by atoms with van der Waals surface area (Å²) in [5.74, 6) is 3.18. The van der Waals surface area contributed by atoms with Gasteiger partial charge in [0.2, 0.25) is 0 Å².